The molecule has 0 aliphatic carbocycles. The van der Waals surface area contributed by atoms with E-state index in [9.17, 15) is 4.79 Å². The normalized spacial score (nSPS) is 10.7. The Morgan fingerprint density at radius 1 is 0.923 bits per heavy atom. The van der Waals surface area contributed by atoms with E-state index in [1.165, 1.54) is 11.3 Å². The second-order valence-corrected chi connectivity index (χ2v) is 6.77. The lowest BCUT2D eigenvalue weighted by atomic mass is 10.0. The van der Waals surface area contributed by atoms with Crippen molar-refractivity contribution in [2.45, 2.75) is 0 Å². The van der Waals surface area contributed by atoms with Gasteiger partial charge in [-0.2, -0.15) is 0 Å². The molecule has 26 heavy (non-hydrogen) atoms. The van der Waals surface area contributed by atoms with Crippen LogP contribution in [0.4, 0.5) is 10.8 Å². The molecule has 6 heteroatoms. The average Bonchev–Trinajstić information content (AvgIpc) is 3.11. The van der Waals surface area contributed by atoms with Gasteiger partial charge in [0.05, 0.1) is 10.2 Å². The molecule has 0 atom stereocenters. The van der Waals surface area contributed by atoms with Crippen molar-refractivity contribution in [3.05, 3.63) is 78.4 Å². The second-order valence-electron chi connectivity index (χ2n) is 5.74. The van der Waals surface area contributed by atoms with Gasteiger partial charge in [0, 0.05) is 11.3 Å². The Labute approximate surface area is 154 Å². The minimum absolute atomic E-state index is 0.148. The third-order valence-electron chi connectivity index (χ3n) is 4.02. The lowest BCUT2D eigenvalue weighted by Gasteiger charge is -2.07. The summed E-state index contributed by atoms with van der Waals surface area (Å²) in [6.45, 7) is 0. The molecule has 0 saturated carbocycles. The summed E-state index contributed by atoms with van der Waals surface area (Å²) in [5, 5.41) is 3.56. The standard InChI is InChI=1S/C20H16N4OS/c21-24-20-23-17-11-10-16(12-18(17)26-20)22-19(25)15-8-6-14(7-9-15)13-4-2-1-3-5-13/h1-12H,21H2,(H,22,25)(H,23,24). The van der Waals surface area contributed by atoms with Crippen molar-refractivity contribution in [2.75, 3.05) is 10.7 Å². The predicted molar refractivity (Wildman–Crippen MR) is 107 cm³/mol. The summed E-state index contributed by atoms with van der Waals surface area (Å²) in [7, 11) is 0. The van der Waals surface area contributed by atoms with Crippen LogP contribution >= 0.6 is 11.3 Å². The topological polar surface area (TPSA) is 80.0 Å². The Morgan fingerprint density at radius 3 is 2.38 bits per heavy atom. The SMILES string of the molecule is NNc1nc2ccc(NC(=O)c3ccc(-c4ccccc4)cc3)cc2s1. The highest BCUT2D eigenvalue weighted by molar-refractivity contribution is 7.22. The molecule has 128 valence electrons. The molecule has 1 heterocycles. The minimum atomic E-state index is -0.148. The summed E-state index contributed by atoms with van der Waals surface area (Å²) in [5.41, 5.74) is 6.92. The predicted octanol–water partition coefficient (Wildman–Crippen LogP) is 4.50. The molecule has 0 bridgehead atoms. The van der Waals surface area contributed by atoms with Crippen molar-refractivity contribution in [3.63, 3.8) is 0 Å². The molecular weight excluding hydrogens is 344 g/mol. The summed E-state index contributed by atoms with van der Waals surface area (Å²) >= 11 is 1.44. The van der Waals surface area contributed by atoms with Crippen LogP contribution in [-0.2, 0) is 0 Å². The van der Waals surface area contributed by atoms with E-state index in [1.807, 2.05) is 72.8 Å². The summed E-state index contributed by atoms with van der Waals surface area (Å²) < 4.78 is 0.954. The summed E-state index contributed by atoms with van der Waals surface area (Å²) in [6, 6.07) is 23.2. The zero-order chi connectivity index (χ0) is 17.9. The molecule has 0 aliphatic heterocycles. The number of benzene rings is 3. The smallest absolute Gasteiger partial charge is 0.255 e. The van der Waals surface area contributed by atoms with Crippen LogP contribution in [0.25, 0.3) is 21.3 Å². The number of carbonyl (C=O) groups is 1. The van der Waals surface area contributed by atoms with E-state index in [0.29, 0.717) is 10.7 Å². The van der Waals surface area contributed by atoms with Crippen LogP contribution < -0.4 is 16.6 Å². The number of nitrogen functional groups attached to an aromatic ring is 1. The fraction of sp³-hybridized carbons (Fsp3) is 0. The quantitative estimate of drug-likeness (QED) is 0.370. The minimum Gasteiger partial charge on any atom is -0.322 e. The maximum atomic E-state index is 12.5. The van der Waals surface area contributed by atoms with Crippen molar-refractivity contribution in [1.82, 2.24) is 4.98 Å². The molecule has 3 aromatic carbocycles. The molecule has 0 unspecified atom stereocenters. The van der Waals surface area contributed by atoms with E-state index in [0.717, 1.165) is 27.0 Å². The molecule has 5 nitrogen and oxygen atoms in total. The van der Waals surface area contributed by atoms with Crippen molar-refractivity contribution in [3.8, 4) is 11.1 Å². The number of hydrogen-bond donors (Lipinski definition) is 3. The molecule has 1 aromatic heterocycles. The van der Waals surface area contributed by atoms with Crippen LogP contribution in [0.3, 0.4) is 0 Å². The lowest BCUT2D eigenvalue weighted by molar-refractivity contribution is 0.102. The molecule has 0 fully saturated rings. The Kier molecular flexibility index (Phi) is 4.35. The Hall–Kier alpha value is -3.22. The Balaban J connectivity index is 1.52. The van der Waals surface area contributed by atoms with Gasteiger partial charge in [0.1, 0.15) is 0 Å². The summed E-state index contributed by atoms with van der Waals surface area (Å²) in [4.78, 5) is 16.8. The number of amides is 1. The second kappa shape index (κ2) is 6.95. The molecule has 4 aromatic rings. The van der Waals surface area contributed by atoms with Crippen LogP contribution in [-0.4, -0.2) is 10.9 Å². The van der Waals surface area contributed by atoms with E-state index < -0.39 is 0 Å². The highest BCUT2D eigenvalue weighted by atomic mass is 32.1. The van der Waals surface area contributed by atoms with Crippen molar-refractivity contribution in [2.24, 2.45) is 5.84 Å². The van der Waals surface area contributed by atoms with Gasteiger partial charge in [0.15, 0.2) is 5.13 Å². The van der Waals surface area contributed by atoms with Gasteiger partial charge in [-0.05, 0) is 41.5 Å². The van der Waals surface area contributed by atoms with Gasteiger partial charge in [-0.1, -0.05) is 53.8 Å². The average molecular weight is 360 g/mol. The fourth-order valence-electron chi connectivity index (χ4n) is 2.71. The fourth-order valence-corrected chi connectivity index (χ4v) is 3.53. The van der Waals surface area contributed by atoms with Crippen molar-refractivity contribution < 1.29 is 4.79 Å². The van der Waals surface area contributed by atoms with Gasteiger partial charge in [-0.3, -0.25) is 10.2 Å². The first-order valence-corrected chi connectivity index (χ1v) is 8.88. The number of thiazole rings is 1. The number of nitrogens with one attached hydrogen (secondary N) is 2. The molecule has 0 saturated heterocycles. The molecule has 0 aliphatic rings. The van der Waals surface area contributed by atoms with Gasteiger partial charge >= 0.3 is 0 Å². The molecular formula is C20H16N4OS. The van der Waals surface area contributed by atoms with E-state index in [-0.39, 0.29) is 5.91 Å². The number of aromatic nitrogens is 1. The van der Waals surface area contributed by atoms with Gasteiger partial charge in [-0.15, -0.1) is 0 Å². The summed E-state index contributed by atoms with van der Waals surface area (Å²) in [6.07, 6.45) is 0. The number of rotatable bonds is 4. The van der Waals surface area contributed by atoms with E-state index >= 15 is 0 Å². The van der Waals surface area contributed by atoms with Gasteiger partial charge < -0.3 is 5.32 Å². The maximum Gasteiger partial charge on any atom is 0.255 e. The van der Waals surface area contributed by atoms with Crippen molar-refractivity contribution >= 4 is 38.3 Å². The van der Waals surface area contributed by atoms with E-state index in [1.54, 1.807) is 0 Å². The molecule has 4 rings (SSSR count). The first-order valence-electron chi connectivity index (χ1n) is 8.07. The first-order chi connectivity index (χ1) is 12.7. The van der Waals surface area contributed by atoms with Gasteiger partial charge in [0.25, 0.3) is 5.91 Å². The van der Waals surface area contributed by atoms with Crippen molar-refractivity contribution in [1.29, 1.82) is 0 Å². The molecule has 1 amide bonds. The highest BCUT2D eigenvalue weighted by Crippen LogP contribution is 2.28. The molecule has 0 radical (unpaired) electrons. The number of nitrogens with two attached hydrogens (primary N) is 1. The number of nitrogens with zero attached hydrogens (tertiary/aromatic N) is 1. The Bertz CT molecular complexity index is 1060. The molecule has 4 N–H and O–H groups in total. The van der Waals surface area contributed by atoms with Crippen LogP contribution in [0.2, 0.25) is 0 Å². The third kappa shape index (κ3) is 3.28. The number of carbonyl (C=O) groups excluding carboxylic acids is 1. The zero-order valence-corrected chi connectivity index (χ0v) is 14.6. The first kappa shape index (κ1) is 16.3. The van der Waals surface area contributed by atoms with E-state index in [2.05, 4.69) is 15.7 Å². The van der Waals surface area contributed by atoms with Crippen LogP contribution in [0, 0.1) is 0 Å². The maximum absolute atomic E-state index is 12.5. The number of hydrogen-bond acceptors (Lipinski definition) is 5. The highest BCUT2D eigenvalue weighted by Gasteiger charge is 2.09. The van der Waals surface area contributed by atoms with E-state index in [4.69, 9.17) is 5.84 Å². The third-order valence-corrected chi connectivity index (χ3v) is 4.97. The lowest BCUT2D eigenvalue weighted by Crippen LogP contribution is -2.11. The monoisotopic (exact) mass is 360 g/mol. The van der Waals surface area contributed by atoms with Crippen LogP contribution in [0.5, 0.6) is 0 Å². The largest absolute Gasteiger partial charge is 0.322 e. The van der Waals surface area contributed by atoms with Crippen LogP contribution in [0.15, 0.2) is 72.8 Å². The summed E-state index contributed by atoms with van der Waals surface area (Å²) in [5.74, 6) is 5.24. The Morgan fingerprint density at radius 2 is 1.65 bits per heavy atom. The number of anilines is 2. The zero-order valence-electron chi connectivity index (χ0n) is 13.8. The number of fused-ring (bicyclic) bond motifs is 1. The van der Waals surface area contributed by atoms with Gasteiger partial charge in [-0.25, -0.2) is 10.8 Å². The van der Waals surface area contributed by atoms with Crippen LogP contribution in [0.1, 0.15) is 10.4 Å². The molecule has 0 spiro atoms. The number of hydrazine groups is 1. The van der Waals surface area contributed by atoms with Gasteiger partial charge in [0.2, 0.25) is 0 Å².